The summed E-state index contributed by atoms with van der Waals surface area (Å²) < 4.78 is 11.3. The minimum atomic E-state index is -0.127. The average Bonchev–Trinajstić information content (AvgIpc) is 3.25. The predicted octanol–water partition coefficient (Wildman–Crippen LogP) is 3.76. The molecule has 2 aliphatic rings. The molecule has 0 bridgehead atoms. The molecule has 25 heavy (non-hydrogen) atoms. The molecule has 0 spiro atoms. The van der Waals surface area contributed by atoms with Crippen molar-refractivity contribution in [2.75, 3.05) is 7.11 Å². The van der Waals surface area contributed by atoms with Crippen molar-refractivity contribution < 1.29 is 13.9 Å². The molecule has 5 nitrogen and oxygen atoms in total. The van der Waals surface area contributed by atoms with E-state index in [-0.39, 0.29) is 5.91 Å². The summed E-state index contributed by atoms with van der Waals surface area (Å²) in [5.41, 5.74) is 1.81. The Kier molecular flexibility index (Phi) is 4.66. The van der Waals surface area contributed by atoms with E-state index in [1.54, 1.807) is 7.11 Å². The third-order valence-corrected chi connectivity index (χ3v) is 5.56. The van der Waals surface area contributed by atoms with Crippen LogP contribution >= 0.6 is 0 Å². The third kappa shape index (κ3) is 3.38. The molecule has 2 aromatic rings. The molecule has 4 rings (SSSR count). The van der Waals surface area contributed by atoms with Crippen LogP contribution in [0.5, 0.6) is 5.75 Å². The van der Waals surface area contributed by atoms with Gasteiger partial charge in [-0.25, -0.2) is 0 Å². The molecule has 0 atom stereocenters. The Morgan fingerprint density at radius 3 is 2.60 bits per heavy atom. The highest BCUT2D eigenvalue weighted by molar-refractivity contribution is 5.98. The molecule has 0 unspecified atom stereocenters. The molecular weight excluding hydrogens is 316 g/mol. The number of benzene rings is 1. The van der Waals surface area contributed by atoms with Crippen molar-refractivity contribution in [2.24, 2.45) is 0 Å². The zero-order chi connectivity index (χ0) is 17.2. The first-order valence-corrected chi connectivity index (χ1v) is 9.38. The molecule has 0 saturated heterocycles. The maximum atomic E-state index is 12.4. The van der Waals surface area contributed by atoms with E-state index in [0.29, 0.717) is 29.2 Å². The Morgan fingerprint density at radius 1 is 1.16 bits per heavy atom. The molecule has 1 aromatic heterocycles. The first-order chi connectivity index (χ1) is 12.2. The fourth-order valence-electron chi connectivity index (χ4n) is 3.77. The molecule has 0 radical (unpaired) electrons. The van der Waals surface area contributed by atoms with Gasteiger partial charge in [0.25, 0.3) is 5.91 Å². The third-order valence-electron chi connectivity index (χ3n) is 5.56. The molecule has 0 aliphatic heterocycles. The van der Waals surface area contributed by atoms with Crippen molar-refractivity contribution in [1.29, 1.82) is 0 Å². The zero-order valence-electron chi connectivity index (χ0n) is 14.8. The Bertz CT molecular complexity index is 758. The van der Waals surface area contributed by atoms with Gasteiger partial charge in [-0.15, -0.1) is 0 Å². The summed E-state index contributed by atoms with van der Waals surface area (Å²) in [6.45, 7) is 0.786. The van der Waals surface area contributed by atoms with Crippen molar-refractivity contribution in [3.05, 3.63) is 29.5 Å². The number of amides is 1. The first kappa shape index (κ1) is 16.5. The van der Waals surface area contributed by atoms with Crippen molar-refractivity contribution in [3.8, 4) is 5.75 Å². The predicted molar refractivity (Wildman–Crippen MR) is 97.0 cm³/mol. The summed E-state index contributed by atoms with van der Waals surface area (Å²) in [5, 5.41) is 7.63. The molecule has 1 aromatic carbocycles. The van der Waals surface area contributed by atoms with Crippen molar-refractivity contribution >= 4 is 16.9 Å². The number of methoxy groups -OCH3 is 1. The largest absolute Gasteiger partial charge is 0.493 e. The van der Waals surface area contributed by atoms with Gasteiger partial charge >= 0.3 is 0 Å². The SMILES string of the molecule is COc1ccc(CNC2CCCC2)c2cc(C(=O)NC3CCC3)oc12. The molecule has 2 fully saturated rings. The van der Waals surface area contributed by atoms with Crippen LogP contribution < -0.4 is 15.4 Å². The minimum absolute atomic E-state index is 0.127. The van der Waals surface area contributed by atoms with Gasteiger partial charge in [-0.3, -0.25) is 4.79 Å². The molecule has 2 N–H and O–H groups in total. The van der Waals surface area contributed by atoms with E-state index in [0.717, 1.165) is 30.3 Å². The molecule has 1 heterocycles. The van der Waals surface area contributed by atoms with E-state index < -0.39 is 0 Å². The van der Waals surface area contributed by atoms with Crippen LogP contribution in [0.15, 0.2) is 22.6 Å². The lowest BCUT2D eigenvalue weighted by Crippen LogP contribution is -2.39. The average molecular weight is 342 g/mol. The smallest absolute Gasteiger partial charge is 0.287 e. The van der Waals surface area contributed by atoms with Crippen LogP contribution in [0, 0.1) is 0 Å². The van der Waals surface area contributed by atoms with Crippen LogP contribution in [0.25, 0.3) is 11.0 Å². The van der Waals surface area contributed by atoms with E-state index in [1.165, 1.54) is 32.1 Å². The van der Waals surface area contributed by atoms with Gasteiger partial charge in [0.05, 0.1) is 7.11 Å². The van der Waals surface area contributed by atoms with Crippen LogP contribution in [0.4, 0.5) is 0 Å². The normalized spacial score (nSPS) is 18.4. The monoisotopic (exact) mass is 342 g/mol. The van der Waals surface area contributed by atoms with Gasteiger partial charge in [-0.2, -0.15) is 0 Å². The fourth-order valence-corrected chi connectivity index (χ4v) is 3.77. The first-order valence-electron chi connectivity index (χ1n) is 9.38. The van der Waals surface area contributed by atoms with Crippen LogP contribution in [-0.4, -0.2) is 25.1 Å². The highest BCUT2D eigenvalue weighted by atomic mass is 16.5. The zero-order valence-corrected chi connectivity index (χ0v) is 14.8. The van der Waals surface area contributed by atoms with Gasteiger partial charge in [0.2, 0.25) is 0 Å². The summed E-state index contributed by atoms with van der Waals surface area (Å²) in [4.78, 5) is 12.4. The number of fused-ring (bicyclic) bond motifs is 1. The van der Waals surface area contributed by atoms with Gasteiger partial charge < -0.3 is 19.8 Å². The second-order valence-corrected chi connectivity index (χ2v) is 7.24. The number of hydrogen-bond donors (Lipinski definition) is 2. The highest BCUT2D eigenvalue weighted by Crippen LogP contribution is 2.32. The van der Waals surface area contributed by atoms with Crippen LogP contribution in [0.1, 0.15) is 61.1 Å². The summed E-state index contributed by atoms with van der Waals surface area (Å²) >= 11 is 0. The number of rotatable bonds is 6. The second-order valence-electron chi connectivity index (χ2n) is 7.24. The van der Waals surface area contributed by atoms with E-state index in [4.69, 9.17) is 9.15 Å². The number of ether oxygens (including phenoxy) is 1. The van der Waals surface area contributed by atoms with E-state index >= 15 is 0 Å². The van der Waals surface area contributed by atoms with Crippen molar-refractivity contribution in [3.63, 3.8) is 0 Å². The lowest BCUT2D eigenvalue weighted by molar-refractivity contribution is 0.0890. The van der Waals surface area contributed by atoms with Gasteiger partial charge in [-0.1, -0.05) is 18.9 Å². The minimum Gasteiger partial charge on any atom is -0.493 e. The van der Waals surface area contributed by atoms with E-state index in [9.17, 15) is 4.79 Å². The Labute approximate surface area is 148 Å². The van der Waals surface area contributed by atoms with Gasteiger partial charge in [0.15, 0.2) is 17.1 Å². The van der Waals surface area contributed by atoms with Gasteiger partial charge in [0, 0.05) is 24.0 Å². The number of carbonyl (C=O) groups excluding carboxylic acids is 1. The van der Waals surface area contributed by atoms with Gasteiger partial charge in [0.1, 0.15) is 0 Å². The summed E-state index contributed by atoms with van der Waals surface area (Å²) in [5.74, 6) is 0.911. The fraction of sp³-hybridized carbons (Fsp3) is 0.550. The van der Waals surface area contributed by atoms with Crippen LogP contribution in [-0.2, 0) is 6.54 Å². The molecule has 2 aliphatic carbocycles. The molecule has 5 heteroatoms. The topological polar surface area (TPSA) is 63.5 Å². The Balaban J connectivity index is 1.58. The molecule has 134 valence electrons. The Morgan fingerprint density at radius 2 is 1.92 bits per heavy atom. The quantitative estimate of drug-likeness (QED) is 0.839. The molecular formula is C20H26N2O3. The highest BCUT2D eigenvalue weighted by Gasteiger charge is 2.23. The van der Waals surface area contributed by atoms with E-state index in [2.05, 4.69) is 16.7 Å². The van der Waals surface area contributed by atoms with Crippen molar-refractivity contribution in [2.45, 2.75) is 63.6 Å². The maximum absolute atomic E-state index is 12.4. The summed E-state index contributed by atoms with van der Waals surface area (Å²) in [7, 11) is 1.63. The second kappa shape index (κ2) is 7.08. The van der Waals surface area contributed by atoms with Crippen LogP contribution in [0.3, 0.4) is 0 Å². The number of furan rings is 1. The number of hydrogen-bond acceptors (Lipinski definition) is 4. The lowest BCUT2D eigenvalue weighted by Gasteiger charge is -2.25. The Hall–Kier alpha value is -2.01. The summed E-state index contributed by atoms with van der Waals surface area (Å²) in [6, 6.07) is 6.74. The van der Waals surface area contributed by atoms with Crippen molar-refractivity contribution in [1.82, 2.24) is 10.6 Å². The maximum Gasteiger partial charge on any atom is 0.287 e. The number of carbonyl (C=O) groups is 1. The number of nitrogens with one attached hydrogen (secondary N) is 2. The van der Waals surface area contributed by atoms with Crippen LogP contribution in [0.2, 0.25) is 0 Å². The summed E-state index contributed by atoms with van der Waals surface area (Å²) in [6.07, 6.45) is 8.44. The molecule has 2 saturated carbocycles. The van der Waals surface area contributed by atoms with Gasteiger partial charge in [-0.05, 0) is 49.8 Å². The lowest BCUT2D eigenvalue weighted by atomic mass is 9.93. The molecule has 1 amide bonds. The standard InChI is InChI=1S/C20H26N2O3/c1-24-17-10-9-13(12-21-14-5-2-3-6-14)16-11-18(25-19(16)17)20(23)22-15-7-4-8-15/h9-11,14-15,21H,2-8,12H2,1H3,(H,22,23). The van der Waals surface area contributed by atoms with E-state index in [1.807, 2.05) is 12.1 Å².